The molecule has 8 rings (SSSR count). The second kappa shape index (κ2) is 7.26. The summed E-state index contributed by atoms with van der Waals surface area (Å²) in [7, 11) is 0. The molecule has 0 saturated carbocycles. The average Bonchev–Trinajstić information content (AvgIpc) is 3.63. The summed E-state index contributed by atoms with van der Waals surface area (Å²) >= 11 is 0. The van der Waals surface area contributed by atoms with Crippen molar-refractivity contribution in [2.24, 2.45) is 11.8 Å². The molecule has 5 heterocycles. The number of fused-ring (bicyclic) bond motifs is 11. The Morgan fingerprint density at radius 1 is 0.895 bits per heavy atom. The third kappa shape index (κ3) is 2.39. The first-order valence-corrected chi connectivity index (χ1v) is 13.3. The Balaban J connectivity index is 1.44. The van der Waals surface area contributed by atoms with Crippen LogP contribution in [0.1, 0.15) is 35.4 Å². The largest absolute Gasteiger partial charge is 0.283 e. The molecule has 3 fully saturated rings. The van der Waals surface area contributed by atoms with E-state index in [0.717, 1.165) is 41.8 Å². The molecule has 2 amide bonds. The highest BCUT2D eigenvalue weighted by Crippen LogP contribution is 2.62. The predicted octanol–water partition coefficient (Wildman–Crippen LogP) is 3.84. The van der Waals surface area contributed by atoms with E-state index < -0.39 is 17.4 Å². The van der Waals surface area contributed by atoms with Gasteiger partial charge in [0.1, 0.15) is 11.4 Å². The quantitative estimate of drug-likeness (QED) is 0.370. The van der Waals surface area contributed by atoms with Crippen molar-refractivity contribution >= 4 is 28.4 Å². The SMILES string of the molecule is Cc1ccc(N2C(=O)[C@H]3C4CCCN4C4(c5ccccc5-n5c4nc4ccccc4c5=O)[C@H]3C2=O)cc1C. The summed E-state index contributed by atoms with van der Waals surface area (Å²) in [4.78, 5) is 51.5. The number of imide groups is 1. The van der Waals surface area contributed by atoms with Crippen LogP contribution in [0.15, 0.2) is 71.5 Å². The summed E-state index contributed by atoms with van der Waals surface area (Å²) < 4.78 is 1.70. The number of rotatable bonds is 1. The van der Waals surface area contributed by atoms with Gasteiger partial charge in [0.25, 0.3) is 5.56 Å². The van der Waals surface area contributed by atoms with E-state index in [-0.39, 0.29) is 23.4 Å². The Morgan fingerprint density at radius 3 is 2.53 bits per heavy atom. The van der Waals surface area contributed by atoms with Crippen LogP contribution in [0.4, 0.5) is 5.69 Å². The maximum atomic E-state index is 14.5. The van der Waals surface area contributed by atoms with E-state index in [1.165, 1.54) is 4.90 Å². The highest BCUT2D eigenvalue weighted by molar-refractivity contribution is 6.23. The zero-order valence-electron chi connectivity index (χ0n) is 21.2. The number of benzene rings is 3. The molecular weight excluding hydrogens is 476 g/mol. The predicted molar refractivity (Wildman–Crippen MR) is 143 cm³/mol. The molecule has 3 saturated heterocycles. The van der Waals surface area contributed by atoms with E-state index in [1.54, 1.807) is 10.6 Å². The smallest absolute Gasteiger partial charge is 0.266 e. The molecule has 188 valence electrons. The van der Waals surface area contributed by atoms with Gasteiger partial charge in [-0.05, 0) is 74.7 Å². The van der Waals surface area contributed by atoms with Crippen LogP contribution >= 0.6 is 0 Å². The first kappa shape index (κ1) is 21.9. The fourth-order valence-corrected chi connectivity index (χ4v) is 7.73. The van der Waals surface area contributed by atoms with Crippen LogP contribution in [0.3, 0.4) is 0 Å². The normalized spacial score (nSPS) is 27.3. The molecule has 1 spiro atoms. The van der Waals surface area contributed by atoms with E-state index in [0.29, 0.717) is 22.4 Å². The van der Waals surface area contributed by atoms with Gasteiger partial charge in [0.2, 0.25) is 11.8 Å². The zero-order chi connectivity index (χ0) is 25.9. The fourth-order valence-electron chi connectivity index (χ4n) is 7.73. The second-order valence-electron chi connectivity index (χ2n) is 11.1. The van der Waals surface area contributed by atoms with E-state index in [1.807, 2.05) is 74.5 Å². The first-order valence-electron chi connectivity index (χ1n) is 13.3. The Labute approximate surface area is 219 Å². The maximum Gasteiger partial charge on any atom is 0.266 e. The Kier molecular flexibility index (Phi) is 4.19. The van der Waals surface area contributed by atoms with Crippen molar-refractivity contribution in [2.45, 2.75) is 38.3 Å². The summed E-state index contributed by atoms with van der Waals surface area (Å²) in [6.07, 6.45) is 1.77. The van der Waals surface area contributed by atoms with Gasteiger partial charge < -0.3 is 0 Å². The third-order valence-corrected chi connectivity index (χ3v) is 9.39. The standard InChI is InChI=1S/C31H26N4O3/c1-17-13-14-19(16-18(17)2)34-28(37)25-24-12-7-15-33(24)31(26(25)29(34)38)21-9-4-6-11-23(21)35-27(36)20-8-3-5-10-22(20)32-30(31)35/h3-6,8-11,13-14,16,24-26H,7,12,15H2,1-2H3/t24?,25-,26+,31?/m0/s1. The molecule has 0 aliphatic carbocycles. The van der Waals surface area contributed by atoms with Crippen LogP contribution in [-0.2, 0) is 15.1 Å². The van der Waals surface area contributed by atoms with Gasteiger partial charge in [-0.1, -0.05) is 36.4 Å². The topological polar surface area (TPSA) is 75.5 Å². The van der Waals surface area contributed by atoms with Crippen molar-refractivity contribution in [2.75, 3.05) is 11.4 Å². The second-order valence-corrected chi connectivity index (χ2v) is 11.1. The zero-order valence-corrected chi connectivity index (χ0v) is 21.2. The maximum absolute atomic E-state index is 14.5. The Hall–Kier alpha value is -4.10. The minimum Gasteiger partial charge on any atom is -0.283 e. The molecule has 2 unspecified atom stereocenters. The summed E-state index contributed by atoms with van der Waals surface area (Å²) in [5.74, 6) is -0.941. The number of aromatic nitrogens is 2. The minimum atomic E-state index is -0.979. The van der Waals surface area contributed by atoms with Crippen LogP contribution in [-0.4, -0.2) is 38.9 Å². The molecule has 4 aromatic rings. The molecule has 4 atom stereocenters. The highest BCUT2D eigenvalue weighted by atomic mass is 16.2. The lowest BCUT2D eigenvalue weighted by Gasteiger charge is -2.38. The van der Waals surface area contributed by atoms with Crippen LogP contribution in [0.25, 0.3) is 16.6 Å². The fraction of sp³-hybridized carbons (Fsp3) is 0.290. The first-order chi connectivity index (χ1) is 18.4. The highest BCUT2D eigenvalue weighted by Gasteiger charge is 2.73. The molecule has 38 heavy (non-hydrogen) atoms. The van der Waals surface area contributed by atoms with Crippen LogP contribution < -0.4 is 10.5 Å². The van der Waals surface area contributed by atoms with Crippen LogP contribution in [0.5, 0.6) is 0 Å². The monoisotopic (exact) mass is 502 g/mol. The van der Waals surface area contributed by atoms with Gasteiger partial charge in [-0.2, -0.15) is 0 Å². The van der Waals surface area contributed by atoms with Crippen molar-refractivity contribution in [1.82, 2.24) is 14.5 Å². The van der Waals surface area contributed by atoms with Gasteiger partial charge >= 0.3 is 0 Å². The van der Waals surface area contributed by atoms with E-state index >= 15 is 0 Å². The molecule has 7 heteroatoms. The summed E-state index contributed by atoms with van der Waals surface area (Å²) in [5, 5.41) is 0.543. The molecule has 7 nitrogen and oxygen atoms in total. The van der Waals surface area contributed by atoms with Gasteiger partial charge in [0.05, 0.1) is 34.1 Å². The Bertz CT molecular complexity index is 1790. The molecule has 1 aromatic heterocycles. The molecule has 4 aliphatic heterocycles. The molecule has 0 radical (unpaired) electrons. The van der Waals surface area contributed by atoms with E-state index in [2.05, 4.69) is 4.90 Å². The van der Waals surface area contributed by atoms with Gasteiger partial charge in [0, 0.05) is 11.6 Å². The third-order valence-electron chi connectivity index (χ3n) is 9.39. The summed E-state index contributed by atoms with van der Waals surface area (Å²) in [6, 6.07) is 20.9. The van der Waals surface area contributed by atoms with Crippen molar-refractivity contribution in [3.05, 3.63) is 99.6 Å². The summed E-state index contributed by atoms with van der Waals surface area (Å²) in [5.41, 5.74) is 3.90. The van der Waals surface area contributed by atoms with Crippen molar-refractivity contribution < 1.29 is 9.59 Å². The molecular formula is C31H26N4O3. The van der Waals surface area contributed by atoms with Crippen molar-refractivity contribution in [3.63, 3.8) is 0 Å². The number of carbonyl (C=O) groups is 2. The van der Waals surface area contributed by atoms with Crippen LogP contribution in [0, 0.1) is 25.7 Å². The Morgan fingerprint density at radius 2 is 1.68 bits per heavy atom. The molecule has 0 bridgehead atoms. The van der Waals surface area contributed by atoms with E-state index in [9.17, 15) is 14.4 Å². The van der Waals surface area contributed by atoms with Gasteiger partial charge in [-0.3, -0.25) is 23.9 Å². The number of anilines is 1. The van der Waals surface area contributed by atoms with E-state index in [4.69, 9.17) is 4.98 Å². The number of para-hydroxylation sites is 2. The van der Waals surface area contributed by atoms with Crippen molar-refractivity contribution in [1.29, 1.82) is 0 Å². The number of amides is 2. The molecule has 0 N–H and O–H groups in total. The number of carbonyl (C=O) groups excluding carboxylic acids is 2. The lowest BCUT2D eigenvalue weighted by Crippen LogP contribution is -2.51. The van der Waals surface area contributed by atoms with Gasteiger partial charge in [-0.15, -0.1) is 0 Å². The van der Waals surface area contributed by atoms with Crippen molar-refractivity contribution in [3.8, 4) is 5.69 Å². The number of aryl methyl sites for hydroxylation is 2. The summed E-state index contributed by atoms with van der Waals surface area (Å²) in [6.45, 7) is 4.77. The molecule has 3 aromatic carbocycles. The lowest BCUT2D eigenvalue weighted by atomic mass is 9.75. The number of hydrogen-bond acceptors (Lipinski definition) is 5. The number of nitrogens with zero attached hydrogens (tertiary/aromatic N) is 4. The average molecular weight is 503 g/mol. The minimum absolute atomic E-state index is 0.0871. The number of hydrogen-bond donors (Lipinski definition) is 0. The van der Waals surface area contributed by atoms with Gasteiger partial charge in [-0.25, -0.2) is 9.88 Å². The van der Waals surface area contributed by atoms with Gasteiger partial charge in [0.15, 0.2) is 0 Å². The van der Waals surface area contributed by atoms with Crippen LogP contribution in [0.2, 0.25) is 0 Å². The lowest BCUT2D eigenvalue weighted by molar-refractivity contribution is -0.124. The molecule has 4 aliphatic rings.